The summed E-state index contributed by atoms with van der Waals surface area (Å²) < 4.78 is 18.2. The summed E-state index contributed by atoms with van der Waals surface area (Å²) in [5.41, 5.74) is 2.68. The summed E-state index contributed by atoms with van der Waals surface area (Å²) in [5, 5.41) is 4.02. The number of ether oxygens (including phenoxy) is 2. The van der Waals surface area contributed by atoms with Crippen LogP contribution in [0.4, 0.5) is 0 Å². The maximum atomic E-state index is 12.8. The number of hydrogen-bond donors (Lipinski definition) is 0. The first kappa shape index (κ1) is 19.4. The predicted octanol–water partition coefficient (Wildman–Crippen LogP) is 3.86. The maximum absolute atomic E-state index is 12.8. The Morgan fingerprint density at radius 2 is 1.93 bits per heavy atom. The van der Waals surface area contributed by atoms with Crippen LogP contribution < -0.4 is 9.47 Å². The molecule has 0 N–H and O–H groups in total. The van der Waals surface area contributed by atoms with Crippen molar-refractivity contribution in [3.05, 3.63) is 58.6 Å². The van der Waals surface area contributed by atoms with Gasteiger partial charge in [0.15, 0.2) is 23.9 Å². The molecule has 2 aromatic heterocycles. The third kappa shape index (κ3) is 3.83. The third-order valence-corrected chi connectivity index (χ3v) is 4.34. The highest BCUT2D eigenvalue weighted by atomic mass is 16.5. The molecule has 0 saturated carbocycles. The molecule has 0 bridgehead atoms. The quantitative estimate of drug-likeness (QED) is 0.434. The van der Waals surface area contributed by atoms with E-state index in [1.807, 2.05) is 44.4 Å². The largest absolute Gasteiger partial charge is 0.490 e. The van der Waals surface area contributed by atoms with Gasteiger partial charge in [-0.05, 0) is 52.0 Å². The van der Waals surface area contributed by atoms with Gasteiger partial charge in [-0.15, -0.1) is 0 Å². The summed E-state index contributed by atoms with van der Waals surface area (Å²) in [5.74, 6) is 2.02. The van der Waals surface area contributed by atoms with Crippen LogP contribution in [0.15, 0.2) is 34.9 Å². The molecule has 1 aromatic carbocycles. The lowest BCUT2D eigenvalue weighted by Gasteiger charge is -2.12. The van der Waals surface area contributed by atoms with Crippen LogP contribution in [0.25, 0.3) is 5.82 Å². The molecular weight excluding hydrogens is 360 g/mol. The minimum Gasteiger partial charge on any atom is -0.490 e. The molecule has 3 rings (SSSR count). The molecule has 7 heteroatoms. The van der Waals surface area contributed by atoms with E-state index in [-0.39, 0.29) is 12.4 Å². The van der Waals surface area contributed by atoms with E-state index >= 15 is 0 Å². The van der Waals surface area contributed by atoms with Crippen LogP contribution in [0.2, 0.25) is 0 Å². The van der Waals surface area contributed by atoms with Gasteiger partial charge in [-0.3, -0.25) is 14.2 Å². The summed E-state index contributed by atoms with van der Waals surface area (Å²) in [6.07, 6.45) is 0.734. The number of nitrogens with zero attached hydrogens (tertiary/aromatic N) is 2. The van der Waals surface area contributed by atoms with Crippen LogP contribution in [0.1, 0.15) is 44.8 Å². The average molecular weight is 382 g/mol. The van der Waals surface area contributed by atoms with Crippen LogP contribution in [0.5, 0.6) is 11.5 Å². The number of benzene rings is 1. The molecule has 0 aliphatic heterocycles. The summed E-state index contributed by atoms with van der Waals surface area (Å²) in [7, 11) is 0. The number of aryl methyl sites for hydroxylation is 2. The lowest BCUT2D eigenvalue weighted by molar-refractivity contribution is 0.0918. The van der Waals surface area contributed by atoms with Crippen molar-refractivity contribution in [1.82, 2.24) is 9.72 Å². The lowest BCUT2D eigenvalue weighted by atomic mass is 10.1. The van der Waals surface area contributed by atoms with E-state index in [0.29, 0.717) is 40.8 Å². The Morgan fingerprint density at radius 3 is 2.57 bits per heavy atom. The van der Waals surface area contributed by atoms with Gasteiger partial charge in [-0.25, -0.2) is 0 Å². The van der Waals surface area contributed by atoms with Gasteiger partial charge in [-0.2, -0.15) is 0 Å². The smallest absolute Gasteiger partial charge is 0.202 e. The number of rotatable bonds is 8. The van der Waals surface area contributed by atoms with Gasteiger partial charge in [0.2, 0.25) is 5.78 Å². The molecule has 0 spiro atoms. The van der Waals surface area contributed by atoms with Crippen molar-refractivity contribution in [1.29, 1.82) is 0 Å². The molecule has 0 atom stereocenters. The Bertz CT molecular complexity index is 1020. The number of carbonyl (C=O) groups excluding carboxylic acids is 2. The Kier molecular flexibility index (Phi) is 5.63. The molecule has 146 valence electrons. The Hall–Kier alpha value is -3.35. The summed E-state index contributed by atoms with van der Waals surface area (Å²) in [4.78, 5) is 23.7. The van der Waals surface area contributed by atoms with E-state index in [1.54, 1.807) is 18.2 Å². The third-order valence-electron chi connectivity index (χ3n) is 4.34. The van der Waals surface area contributed by atoms with Crippen molar-refractivity contribution in [3.63, 3.8) is 0 Å². The van der Waals surface area contributed by atoms with Crippen LogP contribution in [-0.4, -0.2) is 35.0 Å². The normalized spacial score (nSPS) is 10.7. The number of Topliss-reactive ketones (excluding diaryl/α,β-unsaturated/α-hetero) is 1. The van der Waals surface area contributed by atoms with Gasteiger partial charge in [0.1, 0.15) is 12.0 Å². The standard InChI is InChI=1S/C21H22N2O5/c1-5-26-20-10-16(11-24)6-7-19(20)27-12-18(25)17-8-13(2)23(15(17)4)21-9-14(3)28-22-21/h6-11H,5,12H2,1-4H3. The first-order chi connectivity index (χ1) is 13.4. The van der Waals surface area contributed by atoms with Crippen molar-refractivity contribution >= 4 is 12.1 Å². The van der Waals surface area contributed by atoms with Gasteiger partial charge < -0.3 is 14.0 Å². The average Bonchev–Trinajstić information content (AvgIpc) is 3.22. The first-order valence-electron chi connectivity index (χ1n) is 8.95. The highest BCUT2D eigenvalue weighted by molar-refractivity contribution is 5.98. The fourth-order valence-electron chi connectivity index (χ4n) is 3.06. The van der Waals surface area contributed by atoms with Crippen molar-refractivity contribution in [2.24, 2.45) is 0 Å². The molecule has 0 aliphatic carbocycles. The van der Waals surface area contributed by atoms with Crippen LogP contribution in [-0.2, 0) is 0 Å². The molecule has 0 amide bonds. The molecule has 0 aliphatic rings. The van der Waals surface area contributed by atoms with Crippen LogP contribution in [0.3, 0.4) is 0 Å². The summed E-state index contributed by atoms with van der Waals surface area (Å²) in [6.45, 7) is 7.68. The summed E-state index contributed by atoms with van der Waals surface area (Å²) in [6, 6.07) is 8.46. The molecule has 2 heterocycles. The number of aldehydes is 1. The van der Waals surface area contributed by atoms with E-state index in [0.717, 1.165) is 17.7 Å². The van der Waals surface area contributed by atoms with Crippen molar-refractivity contribution < 1.29 is 23.6 Å². The highest BCUT2D eigenvalue weighted by Gasteiger charge is 2.19. The minimum absolute atomic E-state index is 0.150. The zero-order chi connectivity index (χ0) is 20.3. The Balaban J connectivity index is 1.80. The van der Waals surface area contributed by atoms with Gasteiger partial charge >= 0.3 is 0 Å². The minimum atomic E-state index is -0.165. The van der Waals surface area contributed by atoms with Crippen LogP contribution >= 0.6 is 0 Å². The number of hydrogen-bond acceptors (Lipinski definition) is 6. The molecule has 0 fully saturated rings. The SMILES string of the molecule is CCOc1cc(C=O)ccc1OCC(=O)c1cc(C)n(-c2cc(C)on2)c1C. The molecular formula is C21H22N2O5. The van der Waals surface area contributed by atoms with Gasteiger partial charge in [0.05, 0.1) is 6.61 Å². The second-order valence-corrected chi connectivity index (χ2v) is 6.38. The Morgan fingerprint density at radius 1 is 1.14 bits per heavy atom. The fraction of sp³-hybridized carbons (Fsp3) is 0.286. The number of ketones is 1. The van der Waals surface area contributed by atoms with E-state index in [2.05, 4.69) is 5.16 Å². The molecule has 28 heavy (non-hydrogen) atoms. The first-order valence-corrected chi connectivity index (χ1v) is 8.95. The highest BCUT2D eigenvalue weighted by Crippen LogP contribution is 2.28. The lowest BCUT2D eigenvalue weighted by Crippen LogP contribution is -2.13. The number of carbonyl (C=O) groups is 2. The van der Waals surface area contributed by atoms with Gasteiger partial charge in [0.25, 0.3) is 0 Å². The predicted molar refractivity (Wildman–Crippen MR) is 103 cm³/mol. The maximum Gasteiger partial charge on any atom is 0.202 e. The topological polar surface area (TPSA) is 83.6 Å². The zero-order valence-electron chi connectivity index (χ0n) is 16.3. The van der Waals surface area contributed by atoms with Crippen molar-refractivity contribution in [2.45, 2.75) is 27.7 Å². The van der Waals surface area contributed by atoms with E-state index in [9.17, 15) is 9.59 Å². The monoisotopic (exact) mass is 382 g/mol. The molecule has 0 saturated heterocycles. The van der Waals surface area contributed by atoms with E-state index in [1.165, 1.54) is 0 Å². The second kappa shape index (κ2) is 8.12. The molecule has 0 unspecified atom stereocenters. The summed E-state index contributed by atoms with van der Waals surface area (Å²) >= 11 is 0. The second-order valence-electron chi connectivity index (χ2n) is 6.38. The van der Waals surface area contributed by atoms with Crippen LogP contribution in [0, 0.1) is 20.8 Å². The molecule has 0 radical (unpaired) electrons. The molecule has 3 aromatic rings. The fourth-order valence-corrected chi connectivity index (χ4v) is 3.06. The van der Waals surface area contributed by atoms with Gasteiger partial charge in [-0.1, -0.05) is 5.16 Å². The van der Waals surface area contributed by atoms with Crippen molar-refractivity contribution in [2.75, 3.05) is 13.2 Å². The zero-order valence-corrected chi connectivity index (χ0v) is 16.3. The van der Waals surface area contributed by atoms with Crippen molar-refractivity contribution in [3.8, 4) is 17.3 Å². The molecule has 7 nitrogen and oxygen atoms in total. The van der Waals surface area contributed by atoms with E-state index in [4.69, 9.17) is 14.0 Å². The van der Waals surface area contributed by atoms with E-state index < -0.39 is 0 Å². The van der Waals surface area contributed by atoms with Gasteiger partial charge in [0, 0.05) is 28.6 Å². The Labute approximate surface area is 162 Å². The number of aromatic nitrogens is 2.